The molecule has 4 rings (SSSR count). The molecule has 0 bridgehead atoms. The highest BCUT2D eigenvalue weighted by molar-refractivity contribution is 9.10. The van der Waals surface area contributed by atoms with Crippen LogP contribution in [0.5, 0.6) is 11.5 Å². The minimum Gasteiger partial charge on any atom is -0.497 e. The Labute approximate surface area is 215 Å². The second-order valence-corrected chi connectivity index (χ2v) is 9.78. The maximum atomic E-state index is 13.7. The molecule has 0 amide bonds. The molecule has 7 nitrogen and oxygen atoms in total. The highest BCUT2D eigenvalue weighted by Gasteiger charge is 2.35. The molecule has 0 fully saturated rings. The van der Waals surface area contributed by atoms with E-state index in [1.807, 2.05) is 31.2 Å². The minimum absolute atomic E-state index is 0.203. The Bertz CT molecular complexity index is 1520. The van der Waals surface area contributed by atoms with Crippen LogP contribution in [-0.4, -0.2) is 31.4 Å². The van der Waals surface area contributed by atoms with E-state index in [1.165, 1.54) is 18.4 Å². The number of hydrogen-bond donors (Lipinski definition) is 0. The van der Waals surface area contributed by atoms with Crippen molar-refractivity contribution in [2.45, 2.75) is 26.8 Å². The summed E-state index contributed by atoms with van der Waals surface area (Å²) in [5, 5.41) is 0. The van der Waals surface area contributed by atoms with Crippen molar-refractivity contribution in [2.75, 3.05) is 20.8 Å². The number of thiazole rings is 1. The van der Waals surface area contributed by atoms with Gasteiger partial charge in [-0.1, -0.05) is 39.4 Å². The number of nitrogens with zero attached hydrogens (tertiary/aromatic N) is 2. The van der Waals surface area contributed by atoms with Crippen LogP contribution in [0.3, 0.4) is 0 Å². The number of aryl methyl sites for hydroxylation is 1. The molecule has 0 spiro atoms. The largest absolute Gasteiger partial charge is 0.497 e. The van der Waals surface area contributed by atoms with Gasteiger partial charge in [0.05, 0.1) is 36.6 Å². The lowest BCUT2D eigenvalue weighted by atomic mass is 9.95. The van der Waals surface area contributed by atoms with Gasteiger partial charge >= 0.3 is 5.97 Å². The van der Waals surface area contributed by atoms with E-state index in [2.05, 4.69) is 20.9 Å². The number of aromatic nitrogens is 1. The summed E-state index contributed by atoms with van der Waals surface area (Å²) < 4.78 is 19.3. The number of rotatable bonds is 6. The third-order valence-corrected chi connectivity index (χ3v) is 7.58. The first-order valence-corrected chi connectivity index (χ1v) is 12.6. The summed E-state index contributed by atoms with van der Waals surface area (Å²) in [7, 11) is 3.10. The maximum absolute atomic E-state index is 13.7. The number of fused-ring (bicyclic) bond motifs is 1. The molecule has 0 unspecified atom stereocenters. The Hall–Kier alpha value is -3.17. The molecule has 182 valence electrons. The van der Waals surface area contributed by atoms with Gasteiger partial charge < -0.3 is 14.2 Å². The van der Waals surface area contributed by atoms with Gasteiger partial charge in [-0.15, -0.1) is 0 Å². The number of carbonyl (C=O) groups is 1. The third kappa shape index (κ3) is 4.70. The van der Waals surface area contributed by atoms with Crippen molar-refractivity contribution in [2.24, 2.45) is 4.99 Å². The number of hydrogen-bond acceptors (Lipinski definition) is 7. The first kappa shape index (κ1) is 24.9. The van der Waals surface area contributed by atoms with E-state index in [1.54, 1.807) is 43.7 Å². The molecule has 35 heavy (non-hydrogen) atoms. The number of methoxy groups -OCH3 is 2. The molecular formula is C26H25BrN2O5S. The summed E-state index contributed by atoms with van der Waals surface area (Å²) in [5.41, 5.74) is 3.17. The zero-order valence-electron chi connectivity index (χ0n) is 20.0. The van der Waals surface area contributed by atoms with Crippen molar-refractivity contribution in [3.8, 4) is 11.5 Å². The Balaban J connectivity index is 1.99. The van der Waals surface area contributed by atoms with E-state index in [0.717, 1.165) is 15.6 Å². The average molecular weight is 557 g/mol. The van der Waals surface area contributed by atoms with Gasteiger partial charge in [0.1, 0.15) is 17.5 Å². The Kier molecular flexibility index (Phi) is 7.28. The number of ether oxygens (including phenoxy) is 3. The molecule has 0 radical (unpaired) electrons. The normalized spacial score (nSPS) is 15.5. The van der Waals surface area contributed by atoms with E-state index >= 15 is 0 Å². The molecule has 0 saturated heterocycles. The topological polar surface area (TPSA) is 79.1 Å². The number of halogens is 1. The Morgan fingerprint density at radius 3 is 2.60 bits per heavy atom. The van der Waals surface area contributed by atoms with Crippen molar-refractivity contribution in [3.05, 3.63) is 88.5 Å². The highest BCUT2D eigenvalue weighted by atomic mass is 79.9. The fourth-order valence-corrected chi connectivity index (χ4v) is 5.42. The van der Waals surface area contributed by atoms with E-state index in [4.69, 9.17) is 14.2 Å². The molecule has 0 N–H and O–H groups in total. The molecule has 1 aliphatic rings. The predicted octanol–water partition coefficient (Wildman–Crippen LogP) is 3.89. The van der Waals surface area contributed by atoms with Gasteiger partial charge in [0.2, 0.25) is 0 Å². The predicted molar refractivity (Wildman–Crippen MR) is 139 cm³/mol. The fourth-order valence-electron chi connectivity index (χ4n) is 3.98. The third-order valence-electron chi connectivity index (χ3n) is 5.75. The van der Waals surface area contributed by atoms with Crippen LogP contribution in [0.15, 0.2) is 61.9 Å². The second kappa shape index (κ2) is 10.2. The lowest BCUT2D eigenvalue weighted by Gasteiger charge is -2.26. The molecule has 2 heterocycles. The van der Waals surface area contributed by atoms with Gasteiger partial charge in [0.25, 0.3) is 5.56 Å². The van der Waals surface area contributed by atoms with Crippen LogP contribution < -0.4 is 24.4 Å². The first-order valence-electron chi connectivity index (χ1n) is 11.0. The Morgan fingerprint density at radius 1 is 1.17 bits per heavy atom. The molecule has 1 aromatic heterocycles. The van der Waals surface area contributed by atoms with Crippen LogP contribution >= 0.6 is 27.3 Å². The summed E-state index contributed by atoms with van der Waals surface area (Å²) in [4.78, 5) is 31.9. The quantitative estimate of drug-likeness (QED) is 0.430. The molecule has 1 aliphatic heterocycles. The number of carbonyl (C=O) groups excluding carboxylic acids is 1. The zero-order valence-corrected chi connectivity index (χ0v) is 22.5. The first-order chi connectivity index (χ1) is 16.8. The monoisotopic (exact) mass is 556 g/mol. The van der Waals surface area contributed by atoms with Crippen LogP contribution in [0.2, 0.25) is 0 Å². The number of esters is 1. The zero-order chi connectivity index (χ0) is 25.3. The molecule has 3 aromatic rings. The van der Waals surface area contributed by atoms with Crippen LogP contribution in [0.25, 0.3) is 6.08 Å². The molecular weight excluding hydrogens is 532 g/mol. The van der Waals surface area contributed by atoms with Gasteiger partial charge in [0.15, 0.2) is 4.80 Å². The fraction of sp³-hybridized carbons (Fsp3) is 0.269. The van der Waals surface area contributed by atoms with Crippen LogP contribution in [0, 0.1) is 6.92 Å². The summed E-state index contributed by atoms with van der Waals surface area (Å²) >= 11 is 4.83. The van der Waals surface area contributed by atoms with Crippen molar-refractivity contribution in [1.82, 2.24) is 4.57 Å². The SMILES string of the molecule is CCOC(=O)C1=C(C)N=c2s/c(=C\c3ccc(C)c(Br)c3)c(=O)n2[C@@H]1c1ccc(OC)cc1OC. The van der Waals surface area contributed by atoms with Crippen molar-refractivity contribution >= 4 is 39.3 Å². The van der Waals surface area contributed by atoms with Crippen LogP contribution in [0.4, 0.5) is 0 Å². The van der Waals surface area contributed by atoms with Gasteiger partial charge in [-0.3, -0.25) is 9.36 Å². The molecule has 0 aliphatic carbocycles. The smallest absolute Gasteiger partial charge is 0.338 e. The summed E-state index contributed by atoms with van der Waals surface area (Å²) in [5.74, 6) is 0.567. The minimum atomic E-state index is -0.766. The average Bonchev–Trinajstić information content (AvgIpc) is 3.14. The molecule has 0 saturated carbocycles. The van der Waals surface area contributed by atoms with Crippen molar-refractivity contribution < 1.29 is 19.0 Å². The van der Waals surface area contributed by atoms with E-state index in [9.17, 15) is 9.59 Å². The molecule has 1 atom stereocenters. The van der Waals surface area contributed by atoms with E-state index in [-0.39, 0.29) is 12.2 Å². The van der Waals surface area contributed by atoms with Gasteiger partial charge in [-0.2, -0.15) is 0 Å². The highest BCUT2D eigenvalue weighted by Crippen LogP contribution is 2.37. The molecule has 2 aromatic carbocycles. The van der Waals surface area contributed by atoms with Crippen molar-refractivity contribution in [3.63, 3.8) is 0 Å². The molecule has 9 heteroatoms. The second-order valence-electron chi connectivity index (χ2n) is 7.92. The maximum Gasteiger partial charge on any atom is 0.338 e. The summed E-state index contributed by atoms with van der Waals surface area (Å²) in [6.07, 6.45) is 1.83. The van der Waals surface area contributed by atoms with Gasteiger partial charge in [-0.05, 0) is 56.2 Å². The van der Waals surface area contributed by atoms with Gasteiger partial charge in [-0.25, -0.2) is 9.79 Å². The number of allylic oxidation sites excluding steroid dienone is 1. The van der Waals surface area contributed by atoms with Crippen LogP contribution in [0.1, 0.15) is 36.6 Å². The van der Waals surface area contributed by atoms with Crippen LogP contribution in [-0.2, 0) is 9.53 Å². The van der Waals surface area contributed by atoms with E-state index < -0.39 is 12.0 Å². The van der Waals surface area contributed by atoms with Gasteiger partial charge in [0, 0.05) is 16.1 Å². The summed E-state index contributed by atoms with van der Waals surface area (Å²) in [6.45, 7) is 5.70. The number of benzene rings is 2. The standard InChI is InChI=1S/C26H25BrN2O5S/c1-6-34-25(31)22-15(3)28-26-29(23(22)18-10-9-17(32-4)13-20(18)33-5)24(30)21(35-26)12-16-8-7-14(2)19(27)11-16/h7-13,23H,6H2,1-5H3/b21-12-/t23-/m1/s1. The lowest BCUT2D eigenvalue weighted by Crippen LogP contribution is -2.40. The Morgan fingerprint density at radius 2 is 1.94 bits per heavy atom. The van der Waals surface area contributed by atoms with E-state index in [0.29, 0.717) is 37.7 Å². The van der Waals surface area contributed by atoms with Crippen molar-refractivity contribution in [1.29, 1.82) is 0 Å². The summed E-state index contributed by atoms with van der Waals surface area (Å²) in [6, 6.07) is 10.4. The lowest BCUT2D eigenvalue weighted by molar-refractivity contribution is -0.139.